The van der Waals surface area contributed by atoms with Gasteiger partial charge in [-0.1, -0.05) is 28.1 Å². The van der Waals surface area contributed by atoms with Crippen molar-refractivity contribution in [3.05, 3.63) is 34.9 Å². The predicted molar refractivity (Wildman–Crippen MR) is 58.4 cm³/mol. The monoisotopic (exact) mass is 276 g/mol. The van der Waals surface area contributed by atoms with Crippen LogP contribution in [0, 0.1) is 0 Å². The van der Waals surface area contributed by atoms with Gasteiger partial charge in [0.1, 0.15) is 5.78 Å². The van der Waals surface area contributed by atoms with Gasteiger partial charge < -0.3 is 0 Å². The molecule has 82 valence electrons. The van der Waals surface area contributed by atoms with Crippen molar-refractivity contribution in [2.24, 2.45) is 0 Å². The number of hydrogen-bond acceptors (Lipinski definition) is 1. The average molecular weight is 277 g/mol. The first-order chi connectivity index (χ1) is 7.04. The zero-order valence-corrected chi connectivity index (χ0v) is 9.85. The first kappa shape index (κ1) is 12.3. The summed E-state index contributed by atoms with van der Waals surface area (Å²) in [5.74, 6) is -0.0244. The number of benzene rings is 1. The Morgan fingerprint density at radius 1 is 1.40 bits per heavy atom. The van der Waals surface area contributed by atoms with Crippen molar-refractivity contribution < 1.29 is 13.6 Å². The second-order valence-electron chi connectivity index (χ2n) is 3.34. The summed E-state index contributed by atoms with van der Waals surface area (Å²) in [6.07, 6.45) is -2.28. The Kier molecular flexibility index (Phi) is 4.39. The fraction of sp³-hybridized carbons (Fsp3) is 0.364. The largest absolute Gasteiger partial charge is 0.300 e. The minimum atomic E-state index is -2.49. The van der Waals surface area contributed by atoms with E-state index < -0.39 is 6.43 Å². The first-order valence-electron chi connectivity index (χ1n) is 4.50. The Morgan fingerprint density at radius 2 is 2.07 bits per heavy atom. The molecule has 0 saturated heterocycles. The van der Waals surface area contributed by atoms with Crippen molar-refractivity contribution in [1.29, 1.82) is 0 Å². The number of ketones is 1. The normalized spacial score (nSPS) is 10.7. The van der Waals surface area contributed by atoms with Gasteiger partial charge in [0.2, 0.25) is 0 Å². The molecule has 1 nitrogen and oxygen atoms in total. The van der Waals surface area contributed by atoms with Gasteiger partial charge in [0, 0.05) is 17.3 Å². The Balaban J connectivity index is 3.07. The topological polar surface area (TPSA) is 17.1 Å². The van der Waals surface area contributed by atoms with Gasteiger partial charge in [0.15, 0.2) is 0 Å². The summed E-state index contributed by atoms with van der Waals surface area (Å²) in [6.45, 7) is 1.45. The molecule has 15 heavy (non-hydrogen) atoms. The second-order valence-corrected chi connectivity index (χ2v) is 3.90. The van der Waals surface area contributed by atoms with Crippen molar-refractivity contribution in [3.8, 4) is 0 Å². The summed E-state index contributed by atoms with van der Waals surface area (Å²) < 4.78 is 24.8. The van der Waals surface area contributed by atoms with Crippen LogP contribution in [0.4, 0.5) is 8.78 Å². The number of carbonyl (C=O) groups is 1. The van der Waals surface area contributed by atoms with Crippen LogP contribution in [-0.2, 0) is 16.5 Å². The van der Waals surface area contributed by atoms with E-state index in [1.54, 1.807) is 6.07 Å². The number of halogens is 3. The molecule has 1 aromatic carbocycles. The molecule has 0 atom stereocenters. The lowest BCUT2D eigenvalue weighted by Crippen LogP contribution is -2.01. The molecule has 0 aliphatic rings. The Hall–Kier alpha value is -0.770. The van der Waals surface area contributed by atoms with E-state index in [9.17, 15) is 13.6 Å². The number of rotatable bonds is 4. The minimum Gasteiger partial charge on any atom is -0.300 e. The Bertz CT molecular complexity index is 364. The fourth-order valence-corrected chi connectivity index (χ4v) is 1.89. The van der Waals surface area contributed by atoms with E-state index in [4.69, 9.17) is 0 Å². The van der Waals surface area contributed by atoms with Crippen LogP contribution in [0.3, 0.4) is 0 Å². The zero-order chi connectivity index (χ0) is 11.4. The quantitative estimate of drug-likeness (QED) is 0.768. The molecule has 0 bridgehead atoms. The van der Waals surface area contributed by atoms with E-state index in [0.29, 0.717) is 10.9 Å². The molecule has 1 aromatic rings. The molecule has 0 fully saturated rings. The van der Waals surface area contributed by atoms with E-state index in [1.807, 2.05) is 0 Å². The number of carbonyl (C=O) groups excluding carboxylic acids is 1. The van der Waals surface area contributed by atoms with Crippen molar-refractivity contribution in [3.63, 3.8) is 0 Å². The van der Waals surface area contributed by atoms with Gasteiger partial charge in [0.05, 0.1) is 0 Å². The highest BCUT2D eigenvalue weighted by Gasteiger charge is 2.11. The zero-order valence-electron chi connectivity index (χ0n) is 8.27. The lowest BCUT2D eigenvalue weighted by atomic mass is 10.0. The van der Waals surface area contributed by atoms with Gasteiger partial charge in [-0.15, -0.1) is 0 Å². The van der Waals surface area contributed by atoms with E-state index in [-0.39, 0.29) is 17.8 Å². The third kappa shape index (κ3) is 3.38. The summed E-state index contributed by atoms with van der Waals surface area (Å²) in [6, 6.07) is 4.43. The highest BCUT2D eigenvalue weighted by molar-refractivity contribution is 9.08. The Labute approximate surface area is 95.6 Å². The standard InChI is InChI=1S/C11H11BrF2O/c1-7(15)4-10-5-8(11(13)14)2-3-9(10)6-12/h2-3,5,11H,4,6H2,1H3. The lowest BCUT2D eigenvalue weighted by molar-refractivity contribution is -0.116. The molecule has 0 N–H and O–H groups in total. The summed E-state index contributed by atoms with van der Waals surface area (Å²) in [5, 5.41) is 0.569. The van der Waals surface area contributed by atoms with Crippen LogP contribution < -0.4 is 0 Å². The number of Topliss-reactive ketones (excluding diaryl/α,β-unsaturated/α-hetero) is 1. The van der Waals surface area contributed by atoms with Crippen LogP contribution in [-0.4, -0.2) is 5.78 Å². The van der Waals surface area contributed by atoms with Crippen LogP contribution >= 0.6 is 15.9 Å². The maximum atomic E-state index is 12.4. The lowest BCUT2D eigenvalue weighted by Gasteiger charge is -2.08. The molecule has 4 heteroatoms. The van der Waals surface area contributed by atoms with Gasteiger partial charge in [-0.05, 0) is 24.1 Å². The van der Waals surface area contributed by atoms with Crippen LogP contribution in [0.5, 0.6) is 0 Å². The summed E-state index contributed by atoms with van der Waals surface area (Å²) in [4.78, 5) is 11.0. The first-order valence-corrected chi connectivity index (χ1v) is 5.62. The molecular weight excluding hydrogens is 266 g/mol. The maximum Gasteiger partial charge on any atom is 0.263 e. The summed E-state index contributed by atoms with van der Waals surface area (Å²) in [7, 11) is 0. The number of alkyl halides is 3. The van der Waals surface area contributed by atoms with Crippen LogP contribution in [0.2, 0.25) is 0 Å². The van der Waals surface area contributed by atoms with E-state index >= 15 is 0 Å². The maximum absolute atomic E-state index is 12.4. The summed E-state index contributed by atoms with van der Waals surface area (Å²) >= 11 is 3.26. The Morgan fingerprint density at radius 3 is 2.53 bits per heavy atom. The van der Waals surface area contributed by atoms with Crippen LogP contribution in [0.25, 0.3) is 0 Å². The van der Waals surface area contributed by atoms with E-state index in [0.717, 1.165) is 5.56 Å². The summed E-state index contributed by atoms with van der Waals surface area (Å²) in [5.41, 5.74) is 1.53. The van der Waals surface area contributed by atoms with Gasteiger partial charge in [-0.2, -0.15) is 0 Å². The SMILES string of the molecule is CC(=O)Cc1cc(C(F)F)ccc1CBr. The minimum absolute atomic E-state index is 0.0244. The molecule has 0 aliphatic heterocycles. The molecule has 0 spiro atoms. The van der Waals surface area contributed by atoms with Crippen LogP contribution in [0.1, 0.15) is 30.0 Å². The molecule has 0 amide bonds. The van der Waals surface area contributed by atoms with Gasteiger partial charge in [-0.3, -0.25) is 4.79 Å². The van der Waals surface area contributed by atoms with Gasteiger partial charge in [-0.25, -0.2) is 8.78 Å². The second kappa shape index (κ2) is 5.35. The van der Waals surface area contributed by atoms with Gasteiger partial charge in [0.25, 0.3) is 6.43 Å². The third-order valence-corrected chi connectivity index (χ3v) is 2.67. The molecule has 0 heterocycles. The van der Waals surface area contributed by atoms with Crippen molar-refractivity contribution >= 4 is 21.7 Å². The average Bonchev–Trinajstić information content (AvgIpc) is 2.16. The highest BCUT2D eigenvalue weighted by atomic mass is 79.9. The molecule has 0 aromatic heterocycles. The third-order valence-electron chi connectivity index (χ3n) is 2.07. The fourth-order valence-electron chi connectivity index (χ4n) is 1.34. The molecule has 0 aliphatic carbocycles. The molecule has 0 saturated carbocycles. The van der Waals surface area contributed by atoms with Crippen LogP contribution in [0.15, 0.2) is 18.2 Å². The number of hydrogen-bond donors (Lipinski definition) is 0. The molecular formula is C11H11BrF2O. The van der Waals surface area contributed by atoms with Crippen molar-refractivity contribution in [2.45, 2.75) is 25.1 Å². The van der Waals surface area contributed by atoms with Gasteiger partial charge >= 0.3 is 0 Å². The molecule has 0 radical (unpaired) electrons. The highest BCUT2D eigenvalue weighted by Crippen LogP contribution is 2.23. The smallest absolute Gasteiger partial charge is 0.263 e. The molecule has 0 unspecified atom stereocenters. The van der Waals surface area contributed by atoms with Crippen molar-refractivity contribution in [2.75, 3.05) is 0 Å². The van der Waals surface area contributed by atoms with E-state index in [1.165, 1.54) is 19.1 Å². The molecule has 1 rings (SSSR count). The van der Waals surface area contributed by atoms with Crippen molar-refractivity contribution in [1.82, 2.24) is 0 Å². The predicted octanol–water partition coefficient (Wildman–Crippen LogP) is 3.65. The van der Waals surface area contributed by atoms with E-state index in [2.05, 4.69) is 15.9 Å².